The molecule has 0 radical (unpaired) electrons. The summed E-state index contributed by atoms with van der Waals surface area (Å²) in [6.07, 6.45) is -0.759. The largest absolute Gasteiger partial charge is 0.391 e. The number of rotatable bonds is 4. The zero-order chi connectivity index (χ0) is 9.78. The van der Waals surface area contributed by atoms with Crippen molar-refractivity contribution >= 4 is 28.5 Å². The molecular formula is C8H15ClO2S. The first-order chi connectivity index (χ1) is 5.46. The van der Waals surface area contributed by atoms with Gasteiger partial charge in [-0.25, -0.2) is 0 Å². The summed E-state index contributed by atoms with van der Waals surface area (Å²) in [5, 5.41) is 9.41. The Kier molecular flexibility index (Phi) is 5.21. The third-order valence-electron chi connectivity index (χ3n) is 1.78. The van der Waals surface area contributed by atoms with Crippen LogP contribution >= 0.6 is 23.4 Å². The van der Waals surface area contributed by atoms with Gasteiger partial charge in [-0.05, 0) is 19.6 Å². The molecule has 12 heavy (non-hydrogen) atoms. The van der Waals surface area contributed by atoms with Crippen LogP contribution in [0.5, 0.6) is 0 Å². The van der Waals surface area contributed by atoms with Crippen molar-refractivity contribution < 1.29 is 9.90 Å². The molecule has 2 nitrogen and oxygen atoms in total. The molecule has 0 amide bonds. The maximum atomic E-state index is 11.4. The first-order valence-electron chi connectivity index (χ1n) is 3.88. The molecule has 0 aromatic heterocycles. The standard InChI is InChI=1S/C8H15ClO2S/c1-4-12-7(11)8(2,3)6(10)5-9/h6,10H,4-5H2,1-3H3. The Balaban J connectivity index is 4.27. The second kappa shape index (κ2) is 5.10. The highest BCUT2D eigenvalue weighted by atomic mass is 35.5. The van der Waals surface area contributed by atoms with Gasteiger partial charge in [0, 0.05) is 5.88 Å². The minimum absolute atomic E-state index is 0.00171. The smallest absolute Gasteiger partial charge is 0.197 e. The molecule has 0 bridgehead atoms. The molecule has 0 aromatic rings. The summed E-state index contributed by atoms with van der Waals surface area (Å²) in [6.45, 7) is 5.34. The van der Waals surface area contributed by atoms with Gasteiger partial charge in [0.2, 0.25) is 0 Å². The van der Waals surface area contributed by atoms with E-state index in [1.54, 1.807) is 13.8 Å². The minimum atomic E-state index is -0.759. The molecule has 0 saturated carbocycles. The van der Waals surface area contributed by atoms with E-state index in [-0.39, 0.29) is 11.0 Å². The van der Waals surface area contributed by atoms with Gasteiger partial charge in [0.05, 0.1) is 11.5 Å². The van der Waals surface area contributed by atoms with Crippen molar-refractivity contribution in [1.82, 2.24) is 0 Å². The number of aliphatic hydroxyl groups excluding tert-OH is 1. The molecule has 0 saturated heterocycles. The molecular weight excluding hydrogens is 196 g/mol. The fraction of sp³-hybridized carbons (Fsp3) is 0.875. The molecule has 1 N–H and O–H groups in total. The van der Waals surface area contributed by atoms with E-state index in [0.717, 1.165) is 5.75 Å². The number of aliphatic hydroxyl groups is 1. The summed E-state index contributed by atoms with van der Waals surface area (Å²) in [4.78, 5) is 11.4. The SMILES string of the molecule is CCSC(=O)C(C)(C)C(O)CCl. The van der Waals surface area contributed by atoms with E-state index < -0.39 is 11.5 Å². The molecule has 0 aromatic carbocycles. The summed E-state index contributed by atoms with van der Waals surface area (Å²) in [5.74, 6) is 0.834. The van der Waals surface area contributed by atoms with Gasteiger partial charge >= 0.3 is 0 Å². The summed E-state index contributed by atoms with van der Waals surface area (Å²) in [6, 6.07) is 0. The van der Waals surface area contributed by atoms with Crippen molar-refractivity contribution in [2.45, 2.75) is 26.9 Å². The Bertz CT molecular complexity index is 159. The van der Waals surface area contributed by atoms with Crippen LogP contribution in [0.2, 0.25) is 0 Å². The van der Waals surface area contributed by atoms with E-state index >= 15 is 0 Å². The molecule has 0 fully saturated rings. The van der Waals surface area contributed by atoms with Gasteiger partial charge in [-0.3, -0.25) is 4.79 Å². The average molecular weight is 211 g/mol. The van der Waals surface area contributed by atoms with Crippen LogP contribution in [-0.4, -0.2) is 28.0 Å². The van der Waals surface area contributed by atoms with Crippen LogP contribution in [0.25, 0.3) is 0 Å². The highest BCUT2D eigenvalue weighted by Gasteiger charge is 2.34. The molecule has 0 aliphatic carbocycles. The third-order valence-corrected chi connectivity index (χ3v) is 3.15. The van der Waals surface area contributed by atoms with E-state index in [0.29, 0.717) is 0 Å². The quantitative estimate of drug-likeness (QED) is 0.721. The Morgan fingerprint density at radius 1 is 1.67 bits per heavy atom. The minimum Gasteiger partial charge on any atom is -0.391 e. The van der Waals surface area contributed by atoms with Gasteiger partial charge in [0.1, 0.15) is 0 Å². The second-order valence-electron chi connectivity index (χ2n) is 3.11. The molecule has 0 heterocycles. The van der Waals surface area contributed by atoms with Crippen LogP contribution in [0.1, 0.15) is 20.8 Å². The second-order valence-corrected chi connectivity index (χ2v) is 4.66. The average Bonchev–Trinajstić information content (AvgIpc) is 2.03. The van der Waals surface area contributed by atoms with E-state index in [1.807, 2.05) is 6.92 Å². The zero-order valence-electron chi connectivity index (χ0n) is 7.63. The van der Waals surface area contributed by atoms with Gasteiger partial charge in [0.25, 0.3) is 0 Å². The Labute approximate surface area is 82.7 Å². The highest BCUT2D eigenvalue weighted by Crippen LogP contribution is 2.28. The van der Waals surface area contributed by atoms with Crippen LogP contribution in [0.15, 0.2) is 0 Å². The Morgan fingerprint density at radius 3 is 2.50 bits per heavy atom. The topological polar surface area (TPSA) is 37.3 Å². The molecule has 1 atom stereocenters. The number of carbonyl (C=O) groups excluding carboxylic acids is 1. The maximum absolute atomic E-state index is 11.4. The van der Waals surface area contributed by atoms with Crippen LogP contribution in [-0.2, 0) is 4.79 Å². The lowest BCUT2D eigenvalue weighted by Gasteiger charge is -2.26. The van der Waals surface area contributed by atoms with Crippen LogP contribution in [0.3, 0.4) is 0 Å². The lowest BCUT2D eigenvalue weighted by Crippen LogP contribution is -2.36. The molecule has 0 aliphatic heterocycles. The number of alkyl halides is 1. The van der Waals surface area contributed by atoms with Gasteiger partial charge in [-0.15, -0.1) is 11.6 Å². The summed E-state index contributed by atoms with van der Waals surface area (Å²) in [5.41, 5.74) is -0.734. The first-order valence-corrected chi connectivity index (χ1v) is 5.40. The van der Waals surface area contributed by atoms with Gasteiger partial charge in [-0.1, -0.05) is 18.7 Å². The lowest BCUT2D eigenvalue weighted by molar-refractivity contribution is -0.122. The van der Waals surface area contributed by atoms with Crippen molar-refractivity contribution in [3.63, 3.8) is 0 Å². The van der Waals surface area contributed by atoms with E-state index in [1.165, 1.54) is 11.8 Å². The predicted octanol–water partition coefficient (Wildman–Crippen LogP) is 1.89. The number of halogens is 1. The van der Waals surface area contributed by atoms with E-state index in [2.05, 4.69) is 0 Å². The van der Waals surface area contributed by atoms with Crippen molar-refractivity contribution in [1.29, 1.82) is 0 Å². The van der Waals surface area contributed by atoms with Gasteiger partial charge < -0.3 is 5.11 Å². The zero-order valence-corrected chi connectivity index (χ0v) is 9.21. The molecule has 4 heteroatoms. The van der Waals surface area contributed by atoms with E-state index in [9.17, 15) is 9.90 Å². The number of thioether (sulfide) groups is 1. The number of hydrogen-bond acceptors (Lipinski definition) is 3. The van der Waals surface area contributed by atoms with Gasteiger partial charge in [-0.2, -0.15) is 0 Å². The predicted molar refractivity (Wildman–Crippen MR) is 53.6 cm³/mol. The normalized spacial score (nSPS) is 14.4. The van der Waals surface area contributed by atoms with Crippen molar-refractivity contribution in [3.8, 4) is 0 Å². The van der Waals surface area contributed by atoms with Crippen LogP contribution in [0, 0.1) is 5.41 Å². The summed E-state index contributed by atoms with van der Waals surface area (Å²) >= 11 is 6.69. The van der Waals surface area contributed by atoms with Crippen molar-refractivity contribution in [2.75, 3.05) is 11.6 Å². The summed E-state index contributed by atoms with van der Waals surface area (Å²) < 4.78 is 0. The van der Waals surface area contributed by atoms with Crippen molar-refractivity contribution in [3.05, 3.63) is 0 Å². The van der Waals surface area contributed by atoms with E-state index in [4.69, 9.17) is 11.6 Å². The maximum Gasteiger partial charge on any atom is 0.197 e. The number of hydrogen-bond donors (Lipinski definition) is 1. The monoisotopic (exact) mass is 210 g/mol. The fourth-order valence-electron chi connectivity index (χ4n) is 0.646. The molecule has 0 rings (SSSR count). The molecule has 72 valence electrons. The Hall–Kier alpha value is 0.270. The third kappa shape index (κ3) is 2.96. The summed E-state index contributed by atoms with van der Waals surface area (Å²) in [7, 11) is 0. The van der Waals surface area contributed by atoms with Gasteiger partial charge in [0.15, 0.2) is 5.12 Å². The van der Waals surface area contributed by atoms with Crippen molar-refractivity contribution in [2.24, 2.45) is 5.41 Å². The van der Waals surface area contributed by atoms with Crippen LogP contribution < -0.4 is 0 Å². The number of carbonyl (C=O) groups is 1. The van der Waals surface area contributed by atoms with Crippen LogP contribution in [0.4, 0.5) is 0 Å². The lowest BCUT2D eigenvalue weighted by atomic mass is 9.89. The molecule has 0 aliphatic rings. The molecule has 0 spiro atoms. The molecule has 1 unspecified atom stereocenters. The highest BCUT2D eigenvalue weighted by molar-refractivity contribution is 8.13. The first kappa shape index (κ1) is 12.3. The fourth-order valence-corrected chi connectivity index (χ4v) is 1.80. The Morgan fingerprint density at radius 2 is 2.17 bits per heavy atom.